The molecular formula is C17H20F3N5O2. The molecule has 2 N–H and O–H groups in total. The first kappa shape index (κ1) is 19.2. The van der Waals surface area contributed by atoms with Crippen LogP contribution in [0.2, 0.25) is 0 Å². The predicted molar refractivity (Wildman–Crippen MR) is 91.3 cm³/mol. The van der Waals surface area contributed by atoms with E-state index in [-0.39, 0.29) is 18.1 Å². The molecule has 0 saturated carbocycles. The molecule has 1 amide bonds. The van der Waals surface area contributed by atoms with E-state index in [0.717, 1.165) is 25.9 Å². The number of rotatable bonds is 5. The lowest BCUT2D eigenvalue weighted by Crippen LogP contribution is -2.27. The summed E-state index contributed by atoms with van der Waals surface area (Å²) in [6.45, 7) is 1.81. The summed E-state index contributed by atoms with van der Waals surface area (Å²) >= 11 is 0. The second kappa shape index (κ2) is 7.95. The van der Waals surface area contributed by atoms with Crippen molar-refractivity contribution in [3.63, 3.8) is 0 Å². The van der Waals surface area contributed by atoms with Crippen LogP contribution in [0.25, 0.3) is 0 Å². The van der Waals surface area contributed by atoms with E-state index in [4.69, 9.17) is 0 Å². The minimum absolute atomic E-state index is 0.107. The number of hydrogen-bond donors (Lipinski definition) is 2. The van der Waals surface area contributed by atoms with Crippen LogP contribution in [0.1, 0.15) is 30.1 Å². The fourth-order valence-corrected chi connectivity index (χ4v) is 2.97. The summed E-state index contributed by atoms with van der Waals surface area (Å²) in [5.41, 5.74) is 0.398. The van der Waals surface area contributed by atoms with Gasteiger partial charge in [-0.25, -0.2) is 4.68 Å². The van der Waals surface area contributed by atoms with Crippen molar-refractivity contribution < 1.29 is 22.7 Å². The first-order valence-electron chi connectivity index (χ1n) is 8.56. The standard InChI is InChI=1S/C17H20F3N5O2/c1-25-16(23-15(24-25)12-5-7-21-8-6-12)22-14(26)10-11-3-2-4-13(9-11)27-17(18,19)20/h2-4,9,12,21H,5-8,10H2,1H3,(H,22,23,24,26). The van der Waals surface area contributed by atoms with Crippen LogP contribution in [-0.4, -0.2) is 40.1 Å². The Morgan fingerprint density at radius 3 is 2.81 bits per heavy atom. The topological polar surface area (TPSA) is 81.1 Å². The SMILES string of the molecule is Cn1nc(C2CCNCC2)nc1NC(=O)Cc1cccc(OC(F)(F)F)c1. The van der Waals surface area contributed by atoms with Crippen LogP contribution >= 0.6 is 0 Å². The Labute approximate surface area is 153 Å². The highest BCUT2D eigenvalue weighted by atomic mass is 19.4. The fraction of sp³-hybridized carbons (Fsp3) is 0.471. The molecule has 146 valence electrons. The van der Waals surface area contributed by atoms with Gasteiger partial charge in [-0.05, 0) is 43.6 Å². The molecule has 7 nitrogen and oxygen atoms in total. The van der Waals surface area contributed by atoms with Gasteiger partial charge in [0.2, 0.25) is 11.9 Å². The molecular weight excluding hydrogens is 363 g/mol. The number of hydrogen-bond acceptors (Lipinski definition) is 5. The average molecular weight is 383 g/mol. The maximum atomic E-state index is 12.3. The van der Waals surface area contributed by atoms with E-state index in [1.165, 1.54) is 22.9 Å². The number of aromatic nitrogens is 3. The monoisotopic (exact) mass is 383 g/mol. The lowest BCUT2D eigenvalue weighted by atomic mass is 9.98. The summed E-state index contributed by atoms with van der Waals surface area (Å²) in [4.78, 5) is 16.7. The van der Waals surface area contributed by atoms with Gasteiger partial charge in [0.1, 0.15) is 5.75 Å². The molecule has 1 aliphatic heterocycles. The minimum atomic E-state index is -4.77. The van der Waals surface area contributed by atoms with E-state index < -0.39 is 12.3 Å². The van der Waals surface area contributed by atoms with Crippen molar-refractivity contribution in [2.24, 2.45) is 7.05 Å². The van der Waals surface area contributed by atoms with E-state index in [1.54, 1.807) is 13.1 Å². The van der Waals surface area contributed by atoms with E-state index in [0.29, 0.717) is 17.3 Å². The summed E-state index contributed by atoms with van der Waals surface area (Å²) in [6, 6.07) is 5.33. The fourth-order valence-electron chi connectivity index (χ4n) is 2.97. The molecule has 1 aromatic carbocycles. The van der Waals surface area contributed by atoms with Gasteiger partial charge in [-0.3, -0.25) is 10.1 Å². The molecule has 0 spiro atoms. The Balaban J connectivity index is 1.62. The number of ether oxygens (including phenoxy) is 1. The molecule has 2 aromatic rings. The van der Waals surface area contributed by atoms with Gasteiger partial charge < -0.3 is 10.1 Å². The van der Waals surface area contributed by atoms with Crippen LogP contribution < -0.4 is 15.4 Å². The molecule has 0 radical (unpaired) electrons. The third-order valence-corrected chi connectivity index (χ3v) is 4.23. The quantitative estimate of drug-likeness (QED) is 0.829. The number of aryl methyl sites for hydroxylation is 1. The van der Waals surface area contributed by atoms with Crippen LogP contribution in [0, 0.1) is 0 Å². The Kier molecular flexibility index (Phi) is 5.64. The zero-order valence-electron chi connectivity index (χ0n) is 14.7. The maximum Gasteiger partial charge on any atom is 0.573 e. The van der Waals surface area contributed by atoms with Crippen molar-refractivity contribution in [1.29, 1.82) is 0 Å². The molecule has 2 heterocycles. The number of nitrogens with one attached hydrogen (secondary N) is 2. The summed E-state index contributed by atoms with van der Waals surface area (Å²) in [5, 5.41) is 10.3. The summed E-state index contributed by atoms with van der Waals surface area (Å²) in [7, 11) is 1.69. The van der Waals surface area contributed by atoms with Crippen LogP contribution in [0.4, 0.5) is 19.1 Å². The number of amides is 1. The number of nitrogens with zero attached hydrogens (tertiary/aromatic N) is 3. The second-order valence-corrected chi connectivity index (χ2v) is 6.36. The Morgan fingerprint density at radius 1 is 1.37 bits per heavy atom. The number of alkyl halides is 3. The number of carbonyl (C=O) groups excluding carboxylic acids is 1. The Morgan fingerprint density at radius 2 is 2.11 bits per heavy atom. The van der Waals surface area contributed by atoms with Gasteiger partial charge >= 0.3 is 6.36 Å². The van der Waals surface area contributed by atoms with E-state index >= 15 is 0 Å². The normalized spacial score (nSPS) is 15.6. The number of piperidine rings is 1. The van der Waals surface area contributed by atoms with E-state index in [9.17, 15) is 18.0 Å². The van der Waals surface area contributed by atoms with Gasteiger partial charge in [0, 0.05) is 13.0 Å². The van der Waals surface area contributed by atoms with E-state index in [1.807, 2.05) is 0 Å². The zero-order valence-corrected chi connectivity index (χ0v) is 14.7. The van der Waals surface area contributed by atoms with Crippen molar-refractivity contribution >= 4 is 11.9 Å². The summed E-state index contributed by atoms with van der Waals surface area (Å²) < 4.78 is 42.3. The lowest BCUT2D eigenvalue weighted by Gasteiger charge is -2.19. The first-order chi connectivity index (χ1) is 12.8. The molecule has 0 aliphatic carbocycles. The third-order valence-electron chi connectivity index (χ3n) is 4.23. The van der Waals surface area contributed by atoms with Gasteiger partial charge in [-0.2, -0.15) is 10.1 Å². The van der Waals surface area contributed by atoms with Crippen LogP contribution in [0.5, 0.6) is 5.75 Å². The molecule has 0 atom stereocenters. The average Bonchev–Trinajstić information content (AvgIpc) is 2.95. The number of halogens is 3. The number of carbonyl (C=O) groups is 1. The van der Waals surface area contributed by atoms with Gasteiger partial charge in [-0.1, -0.05) is 12.1 Å². The molecule has 10 heteroatoms. The van der Waals surface area contributed by atoms with Gasteiger partial charge in [0.25, 0.3) is 0 Å². The molecule has 1 saturated heterocycles. The Bertz CT molecular complexity index is 800. The molecule has 3 rings (SSSR count). The van der Waals surface area contributed by atoms with Crippen molar-refractivity contribution in [2.75, 3.05) is 18.4 Å². The number of anilines is 1. The maximum absolute atomic E-state index is 12.3. The zero-order chi connectivity index (χ0) is 19.4. The molecule has 0 unspecified atom stereocenters. The second-order valence-electron chi connectivity index (χ2n) is 6.36. The van der Waals surface area contributed by atoms with Crippen molar-refractivity contribution in [3.8, 4) is 5.75 Å². The van der Waals surface area contributed by atoms with E-state index in [2.05, 4.69) is 25.5 Å². The molecule has 27 heavy (non-hydrogen) atoms. The smallest absolute Gasteiger partial charge is 0.406 e. The highest BCUT2D eigenvalue weighted by Crippen LogP contribution is 2.24. The highest BCUT2D eigenvalue weighted by molar-refractivity contribution is 5.90. The van der Waals surface area contributed by atoms with Crippen molar-refractivity contribution in [3.05, 3.63) is 35.7 Å². The van der Waals surface area contributed by atoms with Crippen LogP contribution in [0.3, 0.4) is 0 Å². The van der Waals surface area contributed by atoms with Crippen LogP contribution in [-0.2, 0) is 18.3 Å². The summed E-state index contributed by atoms with van der Waals surface area (Å²) in [6.07, 6.45) is -3.01. The molecule has 0 bridgehead atoms. The minimum Gasteiger partial charge on any atom is -0.406 e. The molecule has 1 aliphatic rings. The van der Waals surface area contributed by atoms with Crippen molar-refractivity contribution in [2.45, 2.75) is 31.5 Å². The predicted octanol–water partition coefficient (Wildman–Crippen LogP) is 2.36. The lowest BCUT2D eigenvalue weighted by molar-refractivity contribution is -0.274. The third kappa shape index (κ3) is 5.43. The summed E-state index contributed by atoms with van der Waals surface area (Å²) in [5.74, 6) is 0.497. The highest BCUT2D eigenvalue weighted by Gasteiger charge is 2.31. The van der Waals surface area contributed by atoms with Crippen LogP contribution in [0.15, 0.2) is 24.3 Å². The van der Waals surface area contributed by atoms with Gasteiger partial charge in [-0.15, -0.1) is 13.2 Å². The first-order valence-corrected chi connectivity index (χ1v) is 8.56. The molecule has 1 aromatic heterocycles. The van der Waals surface area contributed by atoms with Crippen molar-refractivity contribution in [1.82, 2.24) is 20.1 Å². The largest absolute Gasteiger partial charge is 0.573 e. The number of benzene rings is 1. The molecule has 1 fully saturated rings. The van der Waals surface area contributed by atoms with Gasteiger partial charge in [0.05, 0.1) is 6.42 Å². The van der Waals surface area contributed by atoms with Gasteiger partial charge in [0.15, 0.2) is 5.82 Å². The Hall–Kier alpha value is -2.62.